The lowest BCUT2D eigenvalue weighted by molar-refractivity contribution is -0.140. The summed E-state index contributed by atoms with van der Waals surface area (Å²) in [6.07, 6.45) is 20.3. The molecule has 0 bridgehead atoms. The molecule has 1 atom stereocenters. The number of carbonyl (C=O) groups is 2. The van der Waals surface area contributed by atoms with Crippen LogP contribution in [0.3, 0.4) is 0 Å². The third-order valence-corrected chi connectivity index (χ3v) is 6.80. The first kappa shape index (κ1) is 34.6. The van der Waals surface area contributed by atoms with Gasteiger partial charge in [-0.3, -0.25) is 4.79 Å². The molecule has 226 valence electrons. The number of hydrogen-bond acceptors (Lipinski definition) is 6. The van der Waals surface area contributed by atoms with E-state index in [1.165, 1.54) is 5.57 Å². The Morgan fingerprint density at radius 2 is 1.91 bits per heavy atom. The van der Waals surface area contributed by atoms with Crippen molar-refractivity contribution in [1.29, 1.82) is 0 Å². The molecule has 2 aromatic heterocycles. The molecule has 2 heterocycles. The van der Waals surface area contributed by atoms with Crippen molar-refractivity contribution in [3.8, 4) is 5.75 Å². The van der Waals surface area contributed by atoms with Gasteiger partial charge in [-0.15, -0.1) is 0 Å². The third-order valence-electron chi connectivity index (χ3n) is 5.81. The van der Waals surface area contributed by atoms with Gasteiger partial charge in [-0.05, 0) is 68.7 Å². The minimum absolute atomic E-state index is 0.225. The lowest BCUT2D eigenvalue weighted by atomic mass is 10.1. The van der Waals surface area contributed by atoms with Gasteiger partial charge >= 0.3 is 5.97 Å². The fraction of sp³-hybridized carbons (Fsp3) is 0.235. The molecule has 0 aliphatic carbocycles. The molecule has 0 fully saturated rings. The van der Waals surface area contributed by atoms with E-state index in [0.29, 0.717) is 18.8 Å². The minimum atomic E-state index is -1.06. The molecule has 3 aromatic rings. The number of fused-ring (bicyclic) bond motifs is 1. The molecule has 3 rings (SSSR count). The number of amides is 1. The van der Waals surface area contributed by atoms with Gasteiger partial charge in [0.15, 0.2) is 5.65 Å². The van der Waals surface area contributed by atoms with Gasteiger partial charge < -0.3 is 15.2 Å². The van der Waals surface area contributed by atoms with Gasteiger partial charge in [-0.2, -0.15) is 5.10 Å². The SMILES string of the molecule is C=C/C=C\C(=C/C)CSc1ccc2nc(C)cn2n1.C\C=C/C=C\C=C(/C)COc1ccc(CC(NC=O)C(=O)O)cc1. The Morgan fingerprint density at radius 3 is 2.56 bits per heavy atom. The van der Waals surface area contributed by atoms with Crippen LogP contribution in [0.25, 0.3) is 5.65 Å². The number of rotatable bonds is 15. The number of thioether (sulfide) groups is 1. The first-order chi connectivity index (χ1) is 20.8. The van der Waals surface area contributed by atoms with Crippen LogP contribution in [-0.2, 0) is 16.0 Å². The average molecular weight is 601 g/mol. The van der Waals surface area contributed by atoms with Gasteiger partial charge in [0.1, 0.15) is 23.4 Å². The number of ether oxygens (including phenoxy) is 1. The molecule has 9 heteroatoms. The summed E-state index contributed by atoms with van der Waals surface area (Å²) >= 11 is 1.71. The van der Waals surface area contributed by atoms with Crippen LogP contribution >= 0.6 is 11.8 Å². The van der Waals surface area contributed by atoms with Crippen molar-refractivity contribution in [2.75, 3.05) is 12.4 Å². The highest BCUT2D eigenvalue weighted by molar-refractivity contribution is 7.99. The Hall–Kier alpha value is -4.63. The third kappa shape index (κ3) is 13.3. The van der Waals surface area contributed by atoms with Crippen LogP contribution in [0, 0.1) is 6.92 Å². The normalized spacial score (nSPS) is 12.8. The Morgan fingerprint density at radius 1 is 1.14 bits per heavy atom. The number of allylic oxidation sites excluding steroid dienone is 9. The maximum atomic E-state index is 11.0. The number of hydrogen-bond donors (Lipinski definition) is 2. The Labute approximate surface area is 258 Å². The number of carboxylic acid groups (broad SMARTS) is 1. The molecule has 2 N–H and O–H groups in total. The number of aliphatic carboxylic acids is 1. The van der Waals surface area contributed by atoms with E-state index in [1.54, 1.807) is 42.1 Å². The van der Waals surface area contributed by atoms with Gasteiger partial charge in [-0.25, -0.2) is 14.3 Å². The molecule has 43 heavy (non-hydrogen) atoms. The van der Waals surface area contributed by atoms with Gasteiger partial charge in [0.05, 0.1) is 11.9 Å². The summed E-state index contributed by atoms with van der Waals surface area (Å²) in [5.74, 6) is 0.542. The predicted molar refractivity (Wildman–Crippen MR) is 176 cm³/mol. The summed E-state index contributed by atoms with van der Waals surface area (Å²) in [7, 11) is 0. The molecule has 0 spiro atoms. The number of carboxylic acids is 1. The quantitative estimate of drug-likeness (QED) is 0.114. The highest BCUT2D eigenvalue weighted by atomic mass is 32.2. The molecule has 0 saturated carbocycles. The van der Waals surface area contributed by atoms with E-state index in [4.69, 9.17) is 9.84 Å². The predicted octanol–water partition coefficient (Wildman–Crippen LogP) is 6.70. The van der Waals surface area contributed by atoms with Crippen molar-refractivity contribution in [1.82, 2.24) is 19.9 Å². The van der Waals surface area contributed by atoms with Crippen molar-refractivity contribution >= 4 is 29.8 Å². The molecule has 0 aliphatic rings. The fourth-order valence-electron chi connectivity index (χ4n) is 3.53. The molecule has 1 aromatic carbocycles. The summed E-state index contributed by atoms with van der Waals surface area (Å²) in [4.78, 5) is 25.8. The second-order valence-electron chi connectivity index (χ2n) is 9.34. The number of imidazole rings is 1. The molecule has 1 unspecified atom stereocenters. The highest BCUT2D eigenvalue weighted by Crippen LogP contribution is 2.19. The van der Waals surface area contributed by atoms with Gasteiger partial charge in [0.25, 0.3) is 0 Å². The van der Waals surface area contributed by atoms with Crippen molar-refractivity contribution in [2.24, 2.45) is 0 Å². The van der Waals surface area contributed by atoms with E-state index in [1.807, 2.05) is 87.0 Å². The van der Waals surface area contributed by atoms with E-state index in [0.717, 1.165) is 33.3 Å². The molecular formula is C34H40N4O4S. The lowest BCUT2D eigenvalue weighted by Gasteiger charge is -2.12. The zero-order chi connectivity index (χ0) is 31.5. The fourth-order valence-corrected chi connectivity index (χ4v) is 4.42. The monoisotopic (exact) mass is 600 g/mol. The first-order valence-corrected chi connectivity index (χ1v) is 14.8. The zero-order valence-electron chi connectivity index (χ0n) is 25.1. The minimum Gasteiger partial charge on any atom is -0.489 e. The summed E-state index contributed by atoms with van der Waals surface area (Å²) in [5.41, 5.74) is 5.03. The second-order valence-corrected chi connectivity index (χ2v) is 10.3. The summed E-state index contributed by atoms with van der Waals surface area (Å²) in [5, 5.41) is 16.8. The lowest BCUT2D eigenvalue weighted by Crippen LogP contribution is -2.37. The van der Waals surface area contributed by atoms with Gasteiger partial charge in [0, 0.05) is 12.2 Å². The maximum absolute atomic E-state index is 11.0. The van der Waals surface area contributed by atoms with Gasteiger partial charge in [-0.1, -0.05) is 85.2 Å². The van der Waals surface area contributed by atoms with Crippen LogP contribution in [0.2, 0.25) is 0 Å². The topological polar surface area (TPSA) is 106 Å². The number of benzene rings is 1. The molecular weight excluding hydrogens is 560 g/mol. The Bertz CT molecular complexity index is 1480. The largest absolute Gasteiger partial charge is 0.489 e. The summed E-state index contributed by atoms with van der Waals surface area (Å²) < 4.78 is 7.50. The Balaban J connectivity index is 0.000000307. The number of carbonyl (C=O) groups excluding carboxylic acids is 1. The van der Waals surface area contributed by atoms with E-state index in [2.05, 4.69) is 34.1 Å². The van der Waals surface area contributed by atoms with Crippen molar-refractivity contribution in [3.05, 3.63) is 126 Å². The van der Waals surface area contributed by atoms with Crippen LogP contribution in [0.1, 0.15) is 32.0 Å². The Kier molecular flexibility index (Phi) is 15.7. The number of nitrogens with zero attached hydrogens (tertiary/aromatic N) is 3. The van der Waals surface area contributed by atoms with Crippen LogP contribution in [0.5, 0.6) is 5.75 Å². The van der Waals surface area contributed by atoms with Gasteiger partial charge in [0.2, 0.25) is 6.41 Å². The van der Waals surface area contributed by atoms with E-state index in [9.17, 15) is 9.59 Å². The van der Waals surface area contributed by atoms with Crippen molar-refractivity contribution < 1.29 is 19.4 Å². The smallest absolute Gasteiger partial charge is 0.326 e. The van der Waals surface area contributed by atoms with Crippen LogP contribution in [0.4, 0.5) is 0 Å². The number of aryl methyl sites for hydroxylation is 1. The molecule has 0 saturated heterocycles. The maximum Gasteiger partial charge on any atom is 0.326 e. The first-order valence-electron chi connectivity index (χ1n) is 13.8. The zero-order valence-corrected chi connectivity index (χ0v) is 26.0. The molecule has 0 aliphatic heterocycles. The van der Waals surface area contributed by atoms with Crippen LogP contribution in [0.15, 0.2) is 120 Å². The number of nitrogens with one attached hydrogen (secondary N) is 1. The van der Waals surface area contributed by atoms with Crippen LogP contribution < -0.4 is 10.1 Å². The summed E-state index contributed by atoms with van der Waals surface area (Å²) in [6, 6.07) is 10.2. The summed E-state index contributed by atoms with van der Waals surface area (Å²) in [6.45, 7) is 12.1. The second kappa shape index (κ2) is 19.5. The highest BCUT2D eigenvalue weighted by Gasteiger charge is 2.16. The molecule has 8 nitrogen and oxygen atoms in total. The molecule has 0 radical (unpaired) electrons. The van der Waals surface area contributed by atoms with Crippen molar-refractivity contribution in [2.45, 2.75) is 45.2 Å². The van der Waals surface area contributed by atoms with Crippen LogP contribution in [-0.4, -0.2) is 50.5 Å². The van der Waals surface area contributed by atoms with Crippen molar-refractivity contribution in [3.63, 3.8) is 0 Å². The molecule has 1 amide bonds. The standard InChI is InChI=1S/C19H23NO4.C15H17N3S/c1-3-4-5-6-7-15(2)13-24-17-10-8-16(9-11-17)12-18(19(22)23)20-14-21;1-4-6-7-13(5-2)11-19-15-9-8-14-16-12(3)10-18(14)17-15/h3-11,14,18H,12-13H2,1-2H3,(H,20,21)(H,22,23);4-10H,1,11H2,2-3H3/b4-3-,6-5-,15-7+;7-6-,13-5+. The van der Waals surface area contributed by atoms with E-state index >= 15 is 0 Å². The average Bonchev–Trinajstić information content (AvgIpc) is 3.38. The van der Waals surface area contributed by atoms with E-state index < -0.39 is 12.0 Å². The number of aromatic nitrogens is 3. The van der Waals surface area contributed by atoms with E-state index in [-0.39, 0.29) is 6.42 Å².